The van der Waals surface area contributed by atoms with Crippen molar-refractivity contribution < 1.29 is 13.2 Å². The fourth-order valence-electron chi connectivity index (χ4n) is 4.38. The normalized spacial score (nSPS) is 18.3. The first-order chi connectivity index (χ1) is 14.4. The Morgan fingerprint density at radius 2 is 1.77 bits per heavy atom. The minimum absolute atomic E-state index is 0. The molecule has 0 N–H and O–H groups in total. The molecule has 1 fully saturated rings. The number of nitrogens with zero attached hydrogens (tertiary/aromatic N) is 2. The Bertz CT molecular complexity index is 1020. The number of sulfonamides is 1. The van der Waals surface area contributed by atoms with Gasteiger partial charge in [-0.3, -0.25) is 4.90 Å². The minimum Gasteiger partial charge on any atom is -0.497 e. The molecule has 0 unspecified atom stereocenters. The molecule has 2 aromatic carbocycles. The van der Waals surface area contributed by atoms with E-state index in [2.05, 4.69) is 17.0 Å². The third-order valence-corrected chi connectivity index (χ3v) is 8.72. The molecule has 0 amide bonds. The Labute approximate surface area is 200 Å². The molecule has 0 aromatic heterocycles. The first-order valence-corrected chi connectivity index (χ1v) is 12.4. The zero-order valence-corrected chi connectivity index (χ0v) is 20.5. The first-order valence-electron chi connectivity index (χ1n) is 10.2. The fourth-order valence-corrected chi connectivity index (χ4v) is 6.59. The molecule has 0 saturated carbocycles. The van der Waals surface area contributed by atoms with E-state index in [0.29, 0.717) is 24.0 Å². The highest BCUT2D eigenvalue weighted by Crippen LogP contribution is 2.31. The van der Waals surface area contributed by atoms with Crippen LogP contribution in [0.15, 0.2) is 41.3 Å². The second-order valence-electron chi connectivity index (χ2n) is 8.04. The quantitative estimate of drug-likeness (QED) is 0.581. The van der Waals surface area contributed by atoms with E-state index in [4.69, 9.17) is 27.9 Å². The molecule has 2 aromatic rings. The van der Waals surface area contributed by atoms with Crippen LogP contribution in [0.1, 0.15) is 24.0 Å². The molecule has 2 heterocycles. The van der Waals surface area contributed by atoms with Crippen LogP contribution in [-0.4, -0.2) is 50.9 Å². The molecular formula is C22H27Cl3N2O3S. The van der Waals surface area contributed by atoms with Crippen molar-refractivity contribution in [1.29, 1.82) is 0 Å². The second kappa shape index (κ2) is 10.3. The van der Waals surface area contributed by atoms with Gasteiger partial charge in [-0.05, 0) is 66.6 Å². The lowest BCUT2D eigenvalue weighted by Crippen LogP contribution is -2.42. The van der Waals surface area contributed by atoms with Crippen molar-refractivity contribution in [2.45, 2.75) is 30.7 Å². The van der Waals surface area contributed by atoms with Gasteiger partial charge in [0.2, 0.25) is 10.0 Å². The predicted octanol–water partition coefficient (Wildman–Crippen LogP) is 4.88. The van der Waals surface area contributed by atoms with Crippen molar-refractivity contribution in [2.24, 2.45) is 5.92 Å². The maximum Gasteiger partial charge on any atom is 0.244 e. The molecule has 0 spiro atoms. The van der Waals surface area contributed by atoms with E-state index >= 15 is 0 Å². The van der Waals surface area contributed by atoms with E-state index in [-0.39, 0.29) is 22.3 Å². The third kappa shape index (κ3) is 5.49. The van der Waals surface area contributed by atoms with E-state index in [1.807, 2.05) is 6.07 Å². The molecule has 4 rings (SSSR count). The van der Waals surface area contributed by atoms with Crippen molar-refractivity contribution >= 4 is 45.6 Å². The van der Waals surface area contributed by atoms with Gasteiger partial charge in [-0.1, -0.05) is 29.3 Å². The molecular weight excluding hydrogens is 479 g/mol. The summed E-state index contributed by atoms with van der Waals surface area (Å²) in [5.41, 5.74) is 2.72. The number of halogens is 3. The maximum absolute atomic E-state index is 13.0. The number of methoxy groups -OCH3 is 1. The summed E-state index contributed by atoms with van der Waals surface area (Å²) >= 11 is 12.1. The molecule has 170 valence electrons. The number of rotatable bonds is 5. The standard InChI is InChI=1S/C22H26Cl2N2O3S.ClH/c1-29-20-4-2-18-15-25(9-8-17(18)12-20)14-16-6-10-26(11-7-16)30(27,28)22-13-19(23)3-5-21(22)24;/h2-5,12-13,16H,6-11,14-15H2,1H3;1H. The molecule has 1 saturated heterocycles. The van der Waals surface area contributed by atoms with Crippen molar-refractivity contribution in [3.8, 4) is 5.75 Å². The van der Waals surface area contributed by atoms with Crippen LogP contribution in [0.5, 0.6) is 5.75 Å². The van der Waals surface area contributed by atoms with Gasteiger partial charge >= 0.3 is 0 Å². The average molecular weight is 506 g/mol. The van der Waals surface area contributed by atoms with Crippen LogP contribution in [0.25, 0.3) is 0 Å². The van der Waals surface area contributed by atoms with E-state index < -0.39 is 10.0 Å². The minimum atomic E-state index is -3.63. The molecule has 0 radical (unpaired) electrons. The Morgan fingerprint density at radius 3 is 2.48 bits per heavy atom. The van der Waals surface area contributed by atoms with Crippen LogP contribution < -0.4 is 4.74 Å². The molecule has 2 aliphatic heterocycles. The molecule has 0 bridgehead atoms. The number of fused-ring (bicyclic) bond motifs is 1. The summed E-state index contributed by atoms with van der Waals surface area (Å²) in [5, 5.41) is 0.584. The third-order valence-electron chi connectivity index (χ3n) is 6.11. The molecule has 2 aliphatic rings. The SMILES string of the molecule is COc1ccc2c(c1)CCN(CC1CCN(S(=O)(=O)c3cc(Cl)ccc3Cl)CC1)C2.Cl. The van der Waals surface area contributed by atoms with Crippen molar-refractivity contribution in [3.05, 3.63) is 57.6 Å². The molecule has 31 heavy (non-hydrogen) atoms. The second-order valence-corrected chi connectivity index (χ2v) is 10.8. The predicted molar refractivity (Wildman–Crippen MR) is 127 cm³/mol. The Kier molecular flexibility index (Phi) is 8.16. The van der Waals surface area contributed by atoms with Crippen LogP contribution in [0.3, 0.4) is 0 Å². The Hall–Kier alpha value is -1.02. The lowest BCUT2D eigenvalue weighted by atomic mass is 9.94. The fraction of sp³-hybridized carbons (Fsp3) is 0.455. The first kappa shape index (κ1) is 24.6. The highest BCUT2D eigenvalue weighted by molar-refractivity contribution is 7.89. The van der Waals surface area contributed by atoms with Crippen LogP contribution in [0, 0.1) is 5.92 Å². The number of hydrogen-bond donors (Lipinski definition) is 0. The smallest absolute Gasteiger partial charge is 0.244 e. The summed E-state index contributed by atoms with van der Waals surface area (Å²) in [6, 6.07) is 10.9. The highest BCUT2D eigenvalue weighted by atomic mass is 35.5. The summed E-state index contributed by atoms with van der Waals surface area (Å²) in [4.78, 5) is 2.58. The number of piperidine rings is 1. The lowest BCUT2D eigenvalue weighted by Gasteiger charge is -2.36. The summed E-state index contributed by atoms with van der Waals surface area (Å²) in [5.74, 6) is 1.40. The molecule has 9 heteroatoms. The Balaban J connectivity index is 0.00000272. The van der Waals surface area contributed by atoms with Gasteiger partial charge in [-0.15, -0.1) is 12.4 Å². The van der Waals surface area contributed by atoms with Crippen molar-refractivity contribution in [1.82, 2.24) is 9.21 Å². The van der Waals surface area contributed by atoms with Gasteiger partial charge in [0.15, 0.2) is 0 Å². The van der Waals surface area contributed by atoms with Crippen LogP contribution >= 0.6 is 35.6 Å². The van der Waals surface area contributed by atoms with Crippen LogP contribution in [-0.2, 0) is 23.0 Å². The summed E-state index contributed by atoms with van der Waals surface area (Å²) in [7, 11) is -1.93. The van der Waals surface area contributed by atoms with E-state index in [1.54, 1.807) is 17.5 Å². The Morgan fingerprint density at radius 1 is 1.03 bits per heavy atom. The van der Waals surface area contributed by atoms with Crippen molar-refractivity contribution in [2.75, 3.05) is 33.3 Å². The van der Waals surface area contributed by atoms with E-state index in [9.17, 15) is 8.42 Å². The number of hydrogen-bond acceptors (Lipinski definition) is 4. The monoisotopic (exact) mass is 504 g/mol. The van der Waals surface area contributed by atoms with E-state index in [1.165, 1.54) is 23.3 Å². The zero-order chi connectivity index (χ0) is 21.3. The maximum atomic E-state index is 13.0. The zero-order valence-electron chi connectivity index (χ0n) is 17.4. The average Bonchev–Trinajstić information content (AvgIpc) is 2.75. The van der Waals surface area contributed by atoms with Gasteiger partial charge in [-0.25, -0.2) is 8.42 Å². The summed E-state index contributed by atoms with van der Waals surface area (Å²) in [6.07, 6.45) is 2.72. The topological polar surface area (TPSA) is 49.9 Å². The largest absolute Gasteiger partial charge is 0.497 e. The van der Waals surface area contributed by atoms with Gasteiger partial charge in [0, 0.05) is 37.7 Å². The number of benzene rings is 2. The molecule has 5 nitrogen and oxygen atoms in total. The van der Waals surface area contributed by atoms with Crippen LogP contribution in [0.4, 0.5) is 0 Å². The highest BCUT2D eigenvalue weighted by Gasteiger charge is 2.32. The van der Waals surface area contributed by atoms with Gasteiger partial charge in [0.25, 0.3) is 0 Å². The van der Waals surface area contributed by atoms with Gasteiger partial charge in [0.1, 0.15) is 10.6 Å². The van der Waals surface area contributed by atoms with Crippen LogP contribution in [0.2, 0.25) is 10.0 Å². The number of ether oxygens (including phenoxy) is 1. The summed E-state index contributed by atoms with van der Waals surface area (Å²) in [6.45, 7) is 3.99. The van der Waals surface area contributed by atoms with Gasteiger partial charge in [-0.2, -0.15) is 4.31 Å². The molecule has 0 aliphatic carbocycles. The van der Waals surface area contributed by atoms with Crippen molar-refractivity contribution in [3.63, 3.8) is 0 Å². The van der Waals surface area contributed by atoms with E-state index in [0.717, 1.165) is 44.6 Å². The lowest BCUT2D eigenvalue weighted by molar-refractivity contribution is 0.171. The van der Waals surface area contributed by atoms with Gasteiger partial charge in [0.05, 0.1) is 12.1 Å². The summed E-state index contributed by atoms with van der Waals surface area (Å²) < 4.78 is 32.9. The van der Waals surface area contributed by atoms with Gasteiger partial charge < -0.3 is 4.74 Å². The molecule has 0 atom stereocenters.